The number of hydrogen-bond donors (Lipinski definition) is 0. The maximum atomic E-state index is 12.6. The molecule has 0 aliphatic carbocycles. The van der Waals surface area contributed by atoms with Crippen molar-refractivity contribution < 1.29 is 18.0 Å². The number of hydrogen-bond acceptors (Lipinski definition) is 4. The lowest BCUT2D eigenvalue weighted by atomic mass is 10.00. The Morgan fingerprint density at radius 1 is 1.25 bits per heavy atom. The van der Waals surface area contributed by atoms with Crippen LogP contribution in [0.25, 0.3) is 0 Å². The Labute approximate surface area is 142 Å². The van der Waals surface area contributed by atoms with Crippen LogP contribution in [0.2, 0.25) is 0 Å². The number of fused-ring (bicyclic) bond motifs is 1. The minimum atomic E-state index is -3.09. The second-order valence-electron chi connectivity index (χ2n) is 6.54. The van der Waals surface area contributed by atoms with Crippen LogP contribution in [-0.2, 0) is 32.4 Å². The molecule has 1 fully saturated rings. The first-order valence-corrected chi connectivity index (χ1v) is 10.00. The second kappa shape index (κ2) is 6.55. The van der Waals surface area contributed by atoms with Gasteiger partial charge in [0.15, 0.2) is 9.84 Å². The van der Waals surface area contributed by atoms with Crippen LogP contribution >= 0.6 is 0 Å². The summed E-state index contributed by atoms with van der Waals surface area (Å²) in [5, 5.41) is 0. The van der Waals surface area contributed by atoms with Crippen LogP contribution in [0.15, 0.2) is 24.3 Å². The summed E-state index contributed by atoms with van der Waals surface area (Å²) in [5.74, 6) is -0.318. The van der Waals surface area contributed by atoms with Crippen molar-refractivity contribution in [2.75, 3.05) is 24.6 Å². The fourth-order valence-corrected chi connectivity index (χ4v) is 5.20. The van der Waals surface area contributed by atoms with Gasteiger partial charge in [-0.05, 0) is 24.0 Å². The highest BCUT2D eigenvalue weighted by Gasteiger charge is 2.35. The summed E-state index contributed by atoms with van der Waals surface area (Å²) in [6, 6.07) is 7.66. The molecule has 0 saturated carbocycles. The molecule has 0 bridgehead atoms. The molecule has 1 atom stereocenters. The van der Waals surface area contributed by atoms with E-state index in [0.29, 0.717) is 19.5 Å². The van der Waals surface area contributed by atoms with Gasteiger partial charge in [-0.1, -0.05) is 24.3 Å². The third kappa shape index (κ3) is 3.61. The minimum absolute atomic E-state index is 0.0390. The van der Waals surface area contributed by atoms with Gasteiger partial charge in [0.05, 0.1) is 11.5 Å². The first-order valence-electron chi connectivity index (χ1n) is 8.18. The van der Waals surface area contributed by atoms with Gasteiger partial charge in [0.25, 0.3) is 0 Å². The van der Waals surface area contributed by atoms with Crippen molar-refractivity contribution in [2.24, 2.45) is 0 Å². The molecule has 24 heavy (non-hydrogen) atoms. The van der Waals surface area contributed by atoms with Crippen molar-refractivity contribution in [3.05, 3.63) is 35.4 Å². The fourth-order valence-electron chi connectivity index (χ4n) is 3.47. The van der Waals surface area contributed by atoms with E-state index in [0.717, 1.165) is 12.0 Å². The molecule has 6 nitrogen and oxygen atoms in total. The average molecular weight is 350 g/mol. The van der Waals surface area contributed by atoms with Gasteiger partial charge < -0.3 is 9.80 Å². The van der Waals surface area contributed by atoms with Gasteiger partial charge in [-0.3, -0.25) is 9.59 Å². The van der Waals surface area contributed by atoms with Crippen LogP contribution < -0.4 is 0 Å². The topological polar surface area (TPSA) is 74.8 Å². The molecular weight excluding hydrogens is 328 g/mol. The van der Waals surface area contributed by atoms with E-state index >= 15 is 0 Å². The van der Waals surface area contributed by atoms with Crippen LogP contribution in [0.4, 0.5) is 0 Å². The predicted octanol–water partition coefficient (Wildman–Crippen LogP) is 0.607. The number of carbonyl (C=O) groups is 2. The molecule has 0 radical (unpaired) electrons. The predicted molar refractivity (Wildman–Crippen MR) is 90.0 cm³/mol. The van der Waals surface area contributed by atoms with Gasteiger partial charge in [-0.25, -0.2) is 8.42 Å². The van der Waals surface area contributed by atoms with Gasteiger partial charge in [0, 0.05) is 26.1 Å². The standard InChI is InChI=1S/C17H22N2O4S/c1-13(20)19(16-7-9-24(22,23)12-16)11-17(21)18-8-6-14-4-2-3-5-15(14)10-18/h2-5,16H,6-12H2,1H3. The molecule has 1 aromatic carbocycles. The lowest BCUT2D eigenvalue weighted by molar-refractivity contribution is -0.141. The zero-order valence-electron chi connectivity index (χ0n) is 13.8. The summed E-state index contributed by atoms with van der Waals surface area (Å²) in [5.41, 5.74) is 2.39. The average Bonchev–Trinajstić information content (AvgIpc) is 2.91. The number of amides is 2. The van der Waals surface area contributed by atoms with E-state index in [9.17, 15) is 18.0 Å². The third-order valence-corrected chi connectivity index (χ3v) is 6.59. The molecule has 0 aromatic heterocycles. The molecule has 2 amide bonds. The number of nitrogens with zero attached hydrogens (tertiary/aromatic N) is 2. The molecule has 3 rings (SSSR count). The third-order valence-electron chi connectivity index (χ3n) is 4.84. The molecule has 2 aliphatic heterocycles. The van der Waals surface area contributed by atoms with Crippen molar-refractivity contribution in [3.63, 3.8) is 0 Å². The summed E-state index contributed by atoms with van der Waals surface area (Å²) in [6.07, 6.45) is 1.22. The number of sulfone groups is 1. The molecule has 1 aromatic rings. The summed E-state index contributed by atoms with van der Waals surface area (Å²) in [7, 11) is -3.09. The Bertz CT molecular complexity index is 760. The van der Waals surface area contributed by atoms with E-state index in [1.807, 2.05) is 18.2 Å². The van der Waals surface area contributed by atoms with E-state index in [4.69, 9.17) is 0 Å². The van der Waals surface area contributed by atoms with Crippen molar-refractivity contribution in [1.82, 2.24) is 9.80 Å². The van der Waals surface area contributed by atoms with Gasteiger partial charge in [0.1, 0.15) is 6.54 Å². The van der Waals surface area contributed by atoms with E-state index in [1.165, 1.54) is 17.4 Å². The van der Waals surface area contributed by atoms with Crippen molar-refractivity contribution >= 4 is 21.7 Å². The van der Waals surface area contributed by atoms with Crippen molar-refractivity contribution in [1.29, 1.82) is 0 Å². The van der Waals surface area contributed by atoms with Crippen LogP contribution in [0.1, 0.15) is 24.5 Å². The highest BCUT2D eigenvalue weighted by Crippen LogP contribution is 2.21. The molecule has 1 unspecified atom stereocenters. The molecule has 0 spiro atoms. The van der Waals surface area contributed by atoms with Crippen molar-refractivity contribution in [3.8, 4) is 0 Å². The monoisotopic (exact) mass is 350 g/mol. The normalized spacial score (nSPS) is 22.0. The van der Waals surface area contributed by atoms with E-state index in [2.05, 4.69) is 6.07 Å². The zero-order chi connectivity index (χ0) is 17.3. The highest BCUT2D eigenvalue weighted by molar-refractivity contribution is 7.91. The molecule has 2 aliphatic rings. The molecule has 7 heteroatoms. The fraction of sp³-hybridized carbons (Fsp3) is 0.529. The van der Waals surface area contributed by atoms with Crippen LogP contribution in [0.5, 0.6) is 0 Å². The Morgan fingerprint density at radius 2 is 1.96 bits per heavy atom. The smallest absolute Gasteiger partial charge is 0.242 e. The first kappa shape index (κ1) is 17.0. The summed E-state index contributed by atoms with van der Waals surface area (Å²) in [6.45, 7) is 2.52. The summed E-state index contributed by atoms with van der Waals surface area (Å²) in [4.78, 5) is 27.7. The highest BCUT2D eigenvalue weighted by atomic mass is 32.2. The van der Waals surface area contributed by atoms with Crippen LogP contribution in [0.3, 0.4) is 0 Å². The van der Waals surface area contributed by atoms with Gasteiger partial charge in [0.2, 0.25) is 11.8 Å². The quantitative estimate of drug-likeness (QED) is 0.800. The number of carbonyl (C=O) groups excluding carboxylic acids is 2. The maximum absolute atomic E-state index is 12.6. The van der Waals surface area contributed by atoms with E-state index < -0.39 is 9.84 Å². The molecule has 2 heterocycles. The summed E-state index contributed by atoms with van der Waals surface area (Å²) < 4.78 is 23.3. The van der Waals surface area contributed by atoms with E-state index in [-0.39, 0.29) is 35.9 Å². The second-order valence-corrected chi connectivity index (χ2v) is 8.77. The molecular formula is C17H22N2O4S. The Balaban J connectivity index is 1.68. The molecule has 0 N–H and O–H groups in total. The van der Waals surface area contributed by atoms with Crippen molar-refractivity contribution in [2.45, 2.75) is 32.4 Å². The van der Waals surface area contributed by atoms with Gasteiger partial charge in [-0.2, -0.15) is 0 Å². The Kier molecular flexibility index (Phi) is 4.62. The lowest BCUT2D eigenvalue weighted by Crippen LogP contribution is -2.48. The Hall–Kier alpha value is -1.89. The van der Waals surface area contributed by atoms with Crippen LogP contribution in [0, 0.1) is 0 Å². The maximum Gasteiger partial charge on any atom is 0.242 e. The van der Waals surface area contributed by atoms with Crippen LogP contribution in [-0.4, -0.2) is 60.7 Å². The number of benzene rings is 1. The Morgan fingerprint density at radius 3 is 2.58 bits per heavy atom. The largest absolute Gasteiger partial charge is 0.336 e. The van der Waals surface area contributed by atoms with Gasteiger partial charge >= 0.3 is 0 Å². The first-order chi connectivity index (χ1) is 11.4. The van der Waals surface area contributed by atoms with Gasteiger partial charge in [-0.15, -0.1) is 0 Å². The zero-order valence-corrected chi connectivity index (χ0v) is 14.6. The van der Waals surface area contributed by atoms with E-state index in [1.54, 1.807) is 4.90 Å². The summed E-state index contributed by atoms with van der Waals surface area (Å²) >= 11 is 0. The SMILES string of the molecule is CC(=O)N(CC(=O)N1CCc2ccccc2C1)C1CCS(=O)(=O)C1. The molecule has 130 valence electrons. The number of rotatable bonds is 3. The molecule has 1 saturated heterocycles. The minimum Gasteiger partial charge on any atom is -0.336 e. The lowest BCUT2D eigenvalue weighted by Gasteiger charge is -2.32.